The fraction of sp³-hybridized carbons (Fsp3) is 0.300. The van der Waals surface area contributed by atoms with E-state index in [-0.39, 0.29) is 12.5 Å². The monoisotopic (exact) mass is 323 g/mol. The molecule has 1 amide bonds. The van der Waals surface area contributed by atoms with Gasteiger partial charge in [0.2, 0.25) is 0 Å². The molecule has 2 aromatic rings. The van der Waals surface area contributed by atoms with Gasteiger partial charge in [-0.3, -0.25) is 4.79 Å². The number of hydrazone groups is 1. The quantitative estimate of drug-likeness (QED) is 0.650. The van der Waals surface area contributed by atoms with Crippen LogP contribution < -0.4 is 10.7 Å². The molecule has 0 bridgehead atoms. The third-order valence-electron chi connectivity index (χ3n) is 3.94. The summed E-state index contributed by atoms with van der Waals surface area (Å²) in [6, 6.07) is 10.3. The van der Waals surface area contributed by atoms with Crippen LogP contribution in [0.2, 0.25) is 0 Å². The summed E-state index contributed by atoms with van der Waals surface area (Å²) in [5.74, 6) is -0.173. The standard InChI is InChI=1S/C20H25N3O/c1-13-6-7-19(17(5)8-13)21-12-20(24)23-22-11-18-15(3)9-14(2)10-16(18)4/h6-11,21H,12H2,1-5H3,(H,23,24)/b22-11+. The van der Waals surface area contributed by atoms with Gasteiger partial charge in [0.05, 0.1) is 12.8 Å². The number of nitrogens with one attached hydrogen (secondary N) is 2. The molecule has 0 radical (unpaired) electrons. The van der Waals surface area contributed by atoms with Crippen molar-refractivity contribution in [1.82, 2.24) is 5.43 Å². The number of hydrogen-bond acceptors (Lipinski definition) is 3. The van der Waals surface area contributed by atoms with Gasteiger partial charge in [-0.1, -0.05) is 35.4 Å². The molecule has 2 N–H and O–H groups in total. The largest absolute Gasteiger partial charge is 0.376 e. The van der Waals surface area contributed by atoms with E-state index in [4.69, 9.17) is 0 Å². The number of carbonyl (C=O) groups excluding carboxylic acids is 1. The molecule has 2 rings (SSSR count). The number of aryl methyl sites for hydroxylation is 5. The summed E-state index contributed by atoms with van der Waals surface area (Å²) in [7, 11) is 0. The second-order valence-electron chi connectivity index (χ2n) is 6.28. The van der Waals surface area contributed by atoms with Gasteiger partial charge in [-0.25, -0.2) is 5.43 Å². The molecule has 0 atom stereocenters. The first kappa shape index (κ1) is 17.7. The molecule has 0 aliphatic heterocycles. The van der Waals surface area contributed by atoms with E-state index in [0.29, 0.717) is 0 Å². The summed E-state index contributed by atoms with van der Waals surface area (Å²) in [5, 5.41) is 7.21. The van der Waals surface area contributed by atoms with E-state index >= 15 is 0 Å². The Hall–Kier alpha value is -2.62. The Morgan fingerprint density at radius 3 is 2.21 bits per heavy atom. The Morgan fingerprint density at radius 1 is 0.958 bits per heavy atom. The van der Waals surface area contributed by atoms with Crippen molar-refractivity contribution >= 4 is 17.8 Å². The first-order valence-electron chi connectivity index (χ1n) is 8.07. The van der Waals surface area contributed by atoms with Gasteiger partial charge in [-0.05, 0) is 57.4 Å². The van der Waals surface area contributed by atoms with Gasteiger partial charge in [-0.2, -0.15) is 5.10 Å². The van der Waals surface area contributed by atoms with Crippen LogP contribution in [0, 0.1) is 34.6 Å². The van der Waals surface area contributed by atoms with Crippen molar-refractivity contribution in [3.63, 3.8) is 0 Å². The molecule has 0 aliphatic rings. The van der Waals surface area contributed by atoms with Crippen molar-refractivity contribution < 1.29 is 4.79 Å². The first-order valence-corrected chi connectivity index (χ1v) is 8.07. The highest BCUT2D eigenvalue weighted by molar-refractivity contribution is 5.86. The topological polar surface area (TPSA) is 53.5 Å². The molecule has 0 aliphatic carbocycles. The molecule has 0 saturated carbocycles. The molecule has 0 aromatic heterocycles. The fourth-order valence-electron chi connectivity index (χ4n) is 2.79. The summed E-state index contributed by atoms with van der Waals surface area (Å²) < 4.78 is 0. The van der Waals surface area contributed by atoms with Gasteiger partial charge in [0.25, 0.3) is 5.91 Å². The highest BCUT2D eigenvalue weighted by Gasteiger charge is 2.03. The number of rotatable bonds is 5. The van der Waals surface area contributed by atoms with E-state index in [1.807, 2.05) is 39.8 Å². The maximum atomic E-state index is 11.9. The van der Waals surface area contributed by atoms with Crippen LogP contribution in [-0.2, 0) is 4.79 Å². The van der Waals surface area contributed by atoms with Crippen LogP contribution >= 0.6 is 0 Å². The van der Waals surface area contributed by atoms with Gasteiger partial charge in [-0.15, -0.1) is 0 Å². The highest BCUT2D eigenvalue weighted by Crippen LogP contribution is 2.15. The van der Waals surface area contributed by atoms with Gasteiger partial charge in [0, 0.05) is 11.3 Å². The summed E-state index contributed by atoms with van der Waals surface area (Å²) >= 11 is 0. The molecule has 0 unspecified atom stereocenters. The molecule has 2 aromatic carbocycles. The minimum Gasteiger partial charge on any atom is -0.376 e. The van der Waals surface area contributed by atoms with Crippen LogP contribution in [0.4, 0.5) is 5.69 Å². The van der Waals surface area contributed by atoms with Crippen LogP contribution in [0.15, 0.2) is 35.4 Å². The minimum atomic E-state index is -0.173. The molecular weight excluding hydrogens is 298 g/mol. The lowest BCUT2D eigenvalue weighted by Crippen LogP contribution is -2.26. The average Bonchev–Trinajstić information content (AvgIpc) is 2.49. The molecule has 0 fully saturated rings. The Labute approximate surface area is 144 Å². The summed E-state index contributed by atoms with van der Waals surface area (Å²) in [5.41, 5.74) is 10.4. The van der Waals surface area contributed by atoms with E-state index in [9.17, 15) is 4.79 Å². The van der Waals surface area contributed by atoms with Crippen LogP contribution in [0.25, 0.3) is 0 Å². The predicted octanol–water partition coefficient (Wildman–Crippen LogP) is 3.79. The van der Waals surface area contributed by atoms with Gasteiger partial charge in [0.15, 0.2) is 0 Å². The van der Waals surface area contributed by atoms with Crippen molar-refractivity contribution in [3.05, 3.63) is 63.7 Å². The molecule has 126 valence electrons. The highest BCUT2D eigenvalue weighted by atomic mass is 16.2. The number of anilines is 1. The number of benzene rings is 2. The smallest absolute Gasteiger partial charge is 0.259 e. The van der Waals surface area contributed by atoms with E-state index < -0.39 is 0 Å². The molecule has 0 saturated heterocycles. The second kappa shape index (κ2) is 7.77. The van der Waals surface area contributed by atoms with E-state index in [1.54, 1.807) is 6.21 Å². The lowest BCUT2D eigenvalue weighted by molar-refractivity contribution is -0.119. The Bertz CT molecular complexity index is 755. The zero-order valence-corrected chi connectivity index (χ0v) is 15.0. The fourth-order valence-corrected chi connectivity index (χ4v) is 2.79. The van der Waals surface area contributed by atoms with Crippen molar-refractivity contribution in [3.8, 4) is 0 Å². The number of carbonyl (C=O) groups is 1. The molecule has 4 heteroatoms. The van der Waals surface area contributed by atoms with Crippen molar-refractivity contribution in [1.29, 1.82) is 0 Å². The zero-order chi connectivity index (χ0) is 17.7. The Kier molecular flexibility index (Phi) is 5.74. The maximum absolute atomic E-state index is 11.9. The third kappa shape index (κ3) is 4.69. The van der Waals surface area contributed by atoms with Gasteiger partial charge < -0.3 is 5.32 Å². The lowest BCUT2D eigenvalue weighted by Gasteiger charge is -2.09. The molecular formula is C20H25N3O. The normalized spacial score (nSPS) is 10.9. The second-order valence-corrected chi connectivity index (χ2v) is 6.28. The Morgan fingerprint density at radius 2 is 1.58 bits per heavy atom. The molecule has 24 heavy (non-hydrogen) atoms. The van der Waals surface area contributed by atoms with Crippen molar-refractivity contribution in [2.45, 2.75) is 34.6 Å². The van der Waals surface area contributed by atoms with Crippen LogP contribution in [-0.4, -0.2) is 18.7 Å². The lowest BCUT2D eigenvalue weighted by atomic mass is 10.0. The third-order valence-corrected chi connectivity index (χ3v) is 3.94. The van der Waals surface area contributed by atoms with Crippen LogP contribution in [0.3, 0.4) is 0 Å². The maximum Gasteiger partial charge on any atom is 0.259 e. The van der Waals surface area contributed by atoms with Crippen molar-refractivity contribution in [2.24, 2.45) is 5.10 Å². The first-order chi connectivity index (χ1) is 11.4. The summed E-state index contributed by atoms with van der Waals surface area (Å²) in [4.78, 5) is 11.9. The molecule has 0 heterocycles. The summed E-state index contributed by atoms with van der Waals surface area (Å²) in [6.45, 7) is 10.4. The zero-order valence-electron chi connectivity index (χ0n) is 15.0. The number of nitrogens with zero attached hydrogens (tertiary/aromatic N) is 1. The van der Waals surface area contributed by atoms with E-state index in [1.165, 1.54) is 11.1 Å². The van der Waals surface area contributed by atoms with E-state index in [2.05, 4.69) is 41.0 Å². The average molecular weight is 323 g/mol. The molecule has 4 nitrogen and oxygen atoms in total. The minimum absolute atomic E-state index is 0.173. The van der Waals surface area contributed by atoms with Crippen LogP contribution in [0.1, 0.15) is 33.4 Å². The van der Waals surface area contributed by atoms with Gasteiger partial charge in [0.1, 0.15) is 0 Å². The molecule has 0 spiro atoms. The predicted molar refractivity (Wildman–Crippen MR) is 101 cm³/mol. The van der Waals surface area contributed by atoms with Gasteiger partial charge >= 0.3 is 0 Å². The SMILES string of the molecule is Cc1ccc(NCC(=O)N/N=C/c2c(C)cc(C)cc2C)c(C)c1. The summed E-state index contributed by atoms with van der Waals surface area (Å²) in [6.07, 6.45) is 1.71. The van der Waals surface area contributed by atoms with Crippen molar-refractivity contribution in [2.75, 3.05) is 11.9 Å². The number of amides is 1. The van der Waals surface area contributed by atoms with Crippen LogP contribution in [0.5, 0.6) is 0 Å². The van der Waals surface area contributed by atoms with E-state index in [0.717, 1.165) is 27.9 Å². The number of hydrogen-bond donors (Lipinski definition) is 2. The Balaban J connectivity index is 1.91.